The zero-order valence-corrected chi connectivity index (χ0v) is 12.5. The number of hydrogen-bond donors (Lipinski definition) is 0. The lowest BCUT2D eigenvalue weighted by atomic mass is 10.0. The van der Waals surface area contributed by atoms with Crippen molar-refractivity contribution in [1.29, 1.82) is 0 Å². The predicted molar refractivity (Wildman–Crippen MR) is 71.5 cm³/mol. The number of halogens is 1. The number of nitrogens with zero attached hydrogens (tertiary/aromatic N) is 2. The minimum absolute atomic E-state index is 0.0470. The quantitative estimate of drug-likeness (QED) is 0.723. The summed E-state index contributed by atoms with van der Waals surface area (Å²) < 4.78 is 27.7. The molecule has 1 rings (SSSR count). The second kappa shape index (κ2) is 6.36. The first-order valence-electron chi connectivity index (χ1n) is 6.22. The highest BCUT2D eigenvalue weighted by Crippen LogP contribution is 2.22. The third kappa shape index (κ3) is 3.56. The zero-order chi connectivity index (χ0) is 13.1. The Morgan fingerprint density at radius 2 is 1.94 bits per heavy atom. The maximum absolute atomic E-state index is 12.3. The molecule has 1 fully saturated rings. The van der Waals surface area contributed by atoms with Gasteiger partial charge in [0, 0.05) is 32.1 Å². The minimum atomic E-state index is -3.28. The van der Waals surface area contributed by atoms with E-state index in [4.69, 9.17) is 11.6 Å². The van der Waals surface area contributed by atoms with E-state index in [2.05, 4.69) is 0 Å². The van der Waals surface area contributed by atoms with Crippen LogP contribution in [0.2, 0.25) is 0 Å². The topological polar surface area (TPSA) is 40.6 Å². The maximum atomic E-state index is 12.3. The van der Waals surface area contributed by atoms with Gasteiger partial charge in [-0.2, -0.15) is 17.0 Å². The highest BCUT2D eigenvalue weighted by Gasteiger charge is 2.32. The Balaban J connectivity index is 2.66. The Hall–Kier alpha value is 0.160. The molecule has 0 bridgehead atoms. The molecule has 1 unspecified atom stereocenters. The van der Waals surface area contributed by atoms with Gasteiger partial charge in [-0.05, 0) is 32.1 Å². The lowest BCUT2D eigenvalue weighted by molar-refractivity contribution is 0.261. The lowest BCUT2D eigenvalue weighted by Gasteiger charge is -2.34. The van der Waals surface area contributed by atoms with Crippen LogP contribution in [0.25, 0.3) is 0 Å². The molecule has 0 aromatic heterocycles. The summed E-state index contributed by atoms with van der Waals surface area (Å²) in [5, 5.41) is 0. The van der Waals surface area contributed by atoms with Crippen LogP contribution in [-0.4, -0.2) is 49.1 Å². The molecule has 102 valence electrons. The van der Waals surface area contributed by atoms with E-state index >= 15 is 0 Å². The van der Waals surface area contributed by atoms with Crippen LogP contribution in [0.5, 0.6) is 0 Å². The van der Waals surface area contributed by atoms with E-state index in [-0.39, 0.29) is 6.04 Å². The molecule has 0 saturated carbocycles. The molecule has 0 N–H and O–H groups in total. The molecule has 1 aliphatic heterocycles. The molecule has 6 heteroatoms. The van der Waals surface area contributed by atoms with Crippen molar-refractivity contribution in [1.82, 2.24) is 8.61 Å². The SMILES string of the molecule is CCC(C)N(C)S(=O)(=O)N1CCC(CCl)CC1. The second-order valence-corrected chi connectivity index (χ2v) is 7.07. The van der Waals surface area contributed by atoms with Crippen LogP contribution in [0.1, 0.15) is 33.1 Å². The summed E-state index contributed by atoms with van der Waals surface area (Å²) in [4.78, 5) is 0. The first-order valence-corrected chi connectivity index (χ1v) is 8.15. The summed E-state index contributed by atoms with van der Waals surface area (Å²) in [5.41, 5.74) is 0. The molecule has 17 heavy (non-hydrogen) atoms. The van der Waals surface area contributed by atoms with Crippen molar-refractivity contribution < 1.29 is 8.42 Å². The van der Waals surface area contributed by atoms with Crippen LogP contribution in [0.4, 0.5) is 0 Å². The molecular formula is C11H23ClN2O2S. The van der Waals surface area contributed by atoms with Crippen molar-refractivity contribution in [3.8, 4) is 0 Å². The van der Waals surface area contributed by atoms with Crippen molar-refractivity contribution in [2.24, 2.45) is 5.92 Å². The van der Waals surface area contributed by atoms with Gasteiger partial charge < -0.3 is 0 Å². The summed E-state index contributed by atoms with van der Waals surface area (Å²) in [7, 11) is -1.62. The lowest BCUT2D eigenvalue weighted by Crippen LogP contribution is -2.48. The summed E-state index contributed by atoms with van der Waals surface area (Å²) in [6, 6.07) is 0.0470. The highest BCUT2D eigenvalue weighted by molar-refractivity contribution is 7.86. The predicted octanol–water partition coefficient (Wildman–Crippen LogP) is 1.91. The van der Waals surface area contributed by atoms with Gasteiger partial charge in [0.15, 0.2) is 0 Å². The van der Waals surface area contributed by atoms with Gasteiger partial charge in [-0.15, -0.1) is 11.6 Å². The van der Waals surface area contributed by atoms with Gasteiger partial charge in [0.1, 0.15) is 0 Å². The van der Waals surface area contributed by atoms with E-state index in [1.54, 1.807) is 11.4 Å². The van der Waals surface area contributed by atoms with Gasteiger partial charge in [0.05, 0.1) is 0 Å². The van der Waals surface area contributed by atoms with Crippen LogP contribution >= 0.6 is 11.6 Å². The summed E-state index contributed by atoms with van der Waals surface area (Å²) >= 11 is 5.80. The first-order chi connectivity index (χ1) is 7.93. The summed E-state index contributed by atoms with van der Waals surface area (Å²) in [6.45, 7) is 5.13. The molecule has 1 atom stereocenters. The maximum Gasteiger partial charge on any atom is 0.281 e. The van der Waals surface area contributed by atoms with Crippen LogP contribution in [0.15, 0.2) is 0 Å². The van der Waals surface area contributed by atoms with Crippen molar-refractivity contribution in [3.63, 3.8) is 0 Å². The van der Waals surface area contributed by atoms with E-state index in [1.807, 2.05) is 13.8 Å². The fourth-order valence-electron chi connectivity index (χ4n) is 1.96. The van der Waals surface area contributed by atoms with Crippen molar-refractivity contribution >= 4 is 21.8 Å². The van der Waals surface area contributed by atoms with E-state index in [0.717, 1.165) is 19.3 Å². The van der Waals surface area contributed by atoms with E-state index in [9.17, 15) is 8.42 Å². The Kier molecular flexibility index (Phi) is 5.70. The number of hydrogen-bond acceptors (Lipinski definition) is 2. The third-order valence-corrected chi connectivity index (χ3v) is 6.24. The third-order valence-electron chi connectivity index (χ3n) is 3.69. The van der Waals surface area contributed by atoms with Crippen molar-refractivity contribution in [2.75, 3.05) is 26.0 Å². The molecule has 1 heterocycles. The van der Waals surface area contributed by atoms with Crippen LogP contribution in [0, 0.1) is 5.92 Å². The van der Waals surface area contributed by atoms with Gasteiger partial charge in [-0.1, -0.05) is 6.92 Å². The van der Waals surface area contributed by atoms with Gasteiger partial charge in [0.25, 0.3) is 10.2 Å². The fourth-order valence-corrected chi connectivity index (χ4v) is 3.91. The Bertz CT molecular complexity index is 326. The fraction of sp³-hybridized carbons (Fsp3) is 1.00. The number of rotatable bonds is 5. The van der Waals surface area contributed by atoms with Gasteiger partial charge in [-0.25, -0.2) is 0 Å². The normalized spacial score (nSPS) is 21.9. The van der Waals surface area contributed by atoms with E-state index in [0.29, 0.717) is 24.9 Å². The van der Waals surface area contributed by atoms with Crippen molar-refractivity contribution in [3.05, 3.63) is 0 Å². The summed E-state index contributed by atoms with van der Waals surface area (Å²) in [6.07, 6.45) is 2.57. The van der Waals surface area contributed by atoms with E-state index in [1.165, 1.54) is 4.31 Å². The van der Waals surface area contributed by atoms with Crippen molar-refractivity contribution in [2.45, 2.75) is 39.2 Å². The molecule has 0 aromatic carbocycles. The molecule has 4 nitrogen and oxygen atoms in total. The molecular weight excluding hydrogens is 260 g/mol. The largest absolute Gasteiger partial charge is 0.281 e. The minimum Gasteiger partial charge on any atom is -0.195 e. The van der Waals surface area contributed by atoms with Gasteiger partial charge >= 0.3 is 0 Å². The Morgan fingerprint density at radius 1 is 1.41 bits per heavy atom. The molecule has 1 aliphatic rings. The molecule has 0 aromatic rings. The second-order valence-electron chi connectivity index (χ2n) is 4.78. The average molecular weight is 283 g/mol. The van der Waals surface area contributed by atoms with E-state index < -0.39 is 10.2 Å². The molecule has 0 amide bonds. The van der Waals surface area contributed by atoms with Gasteiger partial charge in [0.2, 0.25) is 0 Å². The standard InChI is InChI=1S/C11H23ClN2O2S/c1-4-10(2)13(3)17(15,16)14-7-5-11(9-12)6-8-14/h10-11H,4-9H2,1-3H3. The number of piperidine rings is 1. The molecule has 0 radical (unpaired) electrons. The summed E-state index contributed by atoms with van der Waals surface area (Å²) in [5.74, 6) is 1.10. The highest BCUT2D eigenvalue weighted by atomic mass is 35.5. The van der Waals surface area contributed by atoms with Crippen LogP contribution in [-0.2, 0) is 10.2 Å². The molecule has 1 saturated heterocycles. The number of alkyl halides is 1. The monoisotopic (exact) mass is 282 g/mol. The Labute approximate surface area is 110 Å². The molecule has 0 aliphatic carbocycles. The van der Waals surface area contributed by atoms with Gasteiger partial charge in [-0.3, -0.25) is 0 Å². The zero-order valence-electron chi connectivity index (χ0n) is 10.9. The van der Waals surface area contributed by atoms with Crippen LogP contribution < -0.4 is 0 Å². The molecule has 0 spiro atoms. The Morgan fingerprint density at radius 3 is 2.35 bits per heavy atom. The smallest absolute Gasteiger partial charge is 0.195 e. The average Bonchev–Trinajstić information content (AvgIpc) is 2.36. The van der Waals surface area contributed by atoms with Crippen LogP contribution in [0.3, 0.4) is 0 Å². The first kappa shape index (κ1) is 15.2.